The molecule has 0 aliphatic heterocycles. The zero-order valence-electron chi connectivity index (χ0n) is 21.8. The van der Waals surface area contributed by atoms with Crippen molar-refractivity contribution in [1.29, 1.82) is 0 Å². The van der Waals surface area contributed by atoms with Gasteiger partial charge in [-0.1, -0.05) is 74.7 Å². The zero-order chi connectivity index (χ0) is 26.3. The highest BCUT2D eigenvalue weighted by Gasteiger charge is 2.23. The predicted octanol–water partition coefficient (Wildman–Crippen LogP) is 6.90. The summed E-state index contributed by atoms with van der Waals surface area (Å²) in [6, 6.07) is 16.9. The number of aryl methyl sites for hydroxylation is 1. The Hall–Kier alpha value is -3.13. The molecule has 0 fully saturated rings. The number of urea groups is 1. The first-order valence-corrected chi connectivity index (χ1v) is 13.2. The molecule has 0 unspecified atom stereocenters. The number of amides is 3. The van der Waals surface area contributed by atoms with Gasteiger partial charge >= 0.3 is 6.03 Å². The third-order valence-electron chi connectivity index (χ3n) is 5.84. The topological polar surface area (TPSA) is 79.3 Å². The van der Waals surface area contributed by atoms with E-state index in [1.807, 2.05) is 61.5 Å². The number of carbonyl (C=O) groups excluding carboxylic acids is 2. The summed E-state index contributed by atoms with van der Waals surface area (Å²) in [7, 11) is 0. The average molecular weight is 555 g/mol. The van der Waals surface area contributed by atoms with E-state index in [-0.39, 0.29) is 23.9 Å². The molecule has 0 aliphatic rings. The molecule has 3 rings (SSSR count). The van der Waals surface area contributed by atoms with Crippen LogP contribution in [-0.4, -0.2) is 39.7 Å². The van der Waals surface area contributed by atoms with Crippen molar-refractivity contribution >= 4 is 39.4 Å². The monoisotopic (exact) mass is 553 g/mol. The summed E-state index contributed by atoms with van der Waals surface area (Å²) >= 11 is 3.40. The van der Waals surface area contributed by atoms with Gasteiger partial charge in [-0.25, -0.2) is 9.48 Å². The van der Waals surface area contributed by atoms with Gasteiger partial charge in [0.15, 0.2) is 0 Å². The fourth-order valence-corrected chi connectivity index (χ4v) is 3.98. The molecule has 3 aromatic rings. The Balaban J connectivity index is 1.81. The molecule has 2 aromatic carbocycles. The van der Waals surface area contributed by atoms with Crippen LogP contribution in [0.2, 0.25) is 0 Å². The van der Waals surface area contributed by atoms with Crippen molar-refractivity contribution in [3.05, 3.63) is 70.3 Å². The second-order valence-electron chi connectivity index (χ2n) is 9.98. The number of benzene rings is 2. The van der Waals surface area contributed by atoms with Gasteiger partial charge < -0.3 is 15.5 Å². The van der Waals surface area contributed by atoms with Crippen LogP contribution in [0.5, 0.6) is 0 Å². The minimum Gasteiger partial charge on any atom is -0.315 e. The highest BCUT2D eigenvalue weighted by molar-refractivity contribution is 9.10. The Morgan fingerprint density at radius 2 is 1.72 bits per heavy atom. The molecule has 0 saturated heterocycles. The summed E-state index contributed by atoms with van der Waals surface area (Å²) in [4.78, 5) is 27.8. The van der Waals surface area contributed by atoms with Crippen LogP contribution in [-0.2, 0) is 10.2 Å². The van der Waals surface area contributed by atoms with Gasteiger partial charge in [-0.3, -0.25) is 4.79 Å². The van der Waals surface area contributed by atoms with Crippen molar-refractivity contribution < 1.29 is 9.59 Å². The van der Waals surface area contributed by atoms with Crippen molar-refractivity contribution in [2.75, 3.05) is 23.7 Å². The van der Waals surface area contributed by atoms with Gasteiger partial charge in [0, 0.05) is 28.2 Å². The molecule has 8 heteroatoms. The molecule has 0 radical (unpaired) electrons. The second-order valence-corrected chi connectivity index (χ2v) is 10.9. The van der Waals surface area contributed by atoms with E-state index in [9.17, 15) is 9.59 Å². The number of anilines is 2. The number of rotatable bonds is 9. The van der Waals surface area contributed by atoms with E-state index < -0.39 is 0 Å². The molecule has 7 nitrogen and oxygen atoms in total. The van der Waals surface area contributed by atoms with Crippen molar-refractivity contribution in [1.82, 2.24) is 14.7 Å². The van der Waals surface area contributed by atoms with E-state index in [0.717, 1.165) is 40.7 Å². The SMILES string of the molecule is CCCCCN(CC(=O)Nc1cc(C(C)(C)C)nn1-c1ccccc1C)C(=O)Nc1ccc(Br)cc1. The van der Waals surface area contributed by atoms with Crippen LogP contribution in [0.15, 0.2) is 59.1 Å². The van der Waals surface area contributed by atoms with E-state index in [1.54, 1.807) is 9.58 Å². The first kappa shape index (κ1) is 27.5. The van der Waals surface area contributed by atoms with E-state index in [4.69, 9.17) is 5.10 Å². The second kappa shape index (κ2) is 12.2. The van der Waals surface area contributed by atoms with Crippen LogP contribution in [0.25, 0.3) is 5.69 Å². The van der Waals surface area contributed by atoms with Crippen LogP contribution in [0, 0.1) is 6.92 Å². The third-order valence-corrected chi connectivity index (χ3v) is 6.37. The Morgan fingerprint density at radius 3 is 2.36 bits per heavy atom. The molecule has 0 atom stereocenters. The molecule has 0 spiro atoms. The first-order chi connectivity index (χ1) is 17.1. The smallest absolute Gasteiger partial charge is 0.315 e. The lowest BCUT2D eigenvalue weighted by Crippen LogP contribution is -2.41. The maximum absolute atomic E-state index is 13.2. The normalized spacial score (nSPS) is 11.3. The number of carbonyl (C=O) groups is 2. The van der Waals surface area contributed by atoms with Crippen LogP contribution in [0.3, 0.4) is 0 Å². The molecule has 0 bridgehead atoms. The molecule has 0 saturated carbocycles. The Morgan fingerprint density at radius 1 is 1.03 bits per heavy atom. The maximum Gasteiger partial charge on any atom is 0.322 e. The summed E-state index contributed by atoms with van der Waals surface area (Å²) in [5, 5.41) is 10.7. The fraction of sp³-hybridized carbons (Fsp3) is 0.393. The lowest BCUT2D eigenvalue weighted by Gasteiger charge is -2.23. The van der Waals surface area contributed by atoms with Crippen LogP contribution >= 0.6 is 15.9 Å². The molecule has 1 aromatic heterocycles. The molecule has 1 heterocycles. The van der Waals surface area contributed by atoms with Gasteiger partial charge in [0.05, 0.1) is 11.4 Å². The number of hydrogen-bond acceptors (Lipinski definition) is 3. The van der Waals surface area contributed by atoms with E-state index in [1.165, 1.54) is 0 Å². The lowest BCUT2D eigenvalue weighted by molar-refractivity contribution is -0.116. The molecular weight excluding hydrogens is 518 g/mol. The summed E-state index contributed by atoms with van der Waals surface area (Å²) in [6.45, 7) is 10.8. The van der Waals surface area contributed by atoms with Gasteiger partial charge in [0.1, 0.15) is 12.4 Å². The number of nitrogens with zero attached hydrogens (tertiary/aromatic N) is 3. The minimum absolute atomic E-state index is 0.0596. The molecule has 2 N–H and O–H groups in total. The molecule has 192 valence electrons. The Bertz CT molecular complexity index is 1180. The standard InChI is InChI=1S/C28H36BrN5O2/c1-6-7-10-17-33(27(36)30-22-15-13-21(29)14-16-22)19-26(35)31-25-18-24(28(3,4)5)32-34(25)23-12-9-8-11-20(23)2/h8-9,11-16,18H,6-7,10,17,19H2,1-5H3,(H,30,36)(H,31,35). The Kier molecular flexibility index (Phi) is 9.31. The summed E-state index contributed by atoms with van der Waals surface area (Å²) < 4.78 is 2.71. The first-order valence-electron chi connectivity index (χ1n) is 12.4. The van der Waals surface area contributed by atoms with Crippen LogP contribution in [0.1, 0.15) is 58.2 Å². The number of nitrogens with one attached hydrogen (secondary N) is 2. The van der Waals surface area contributed by atoms with Gasteiger partial charge in [-0.15, -0.1) is 0 Å². The number of unbranched alkanes of at least 4 members (excludes halogenated alkanes) is 2. The van der Waals surface area contributed by atoms with Gasteiger partial charge in [-0.2, -0.15) is 5.10 Å². The van der Waals surface area contributed by atoms with Crippen molar-refractivity contribution in [2.45, 2.75) is 59.3 Å². The number of aromatic nitrogens is 2. The largest absolute Gasteiger partial charge is 0.322 e. The van der Waals surface area contributed by atoms with Crippen LogP contribution < -0.4 is 10.6 Å². The van der Waals surface area contributed by atoms with Crippen molar-refractivity contribution in [2.24, 2.45) is 0 Å². The average Bonchev–Trinajstić information content (AvgIpc) is 3.24. The highest BCUT2D eigenvalue weighted by atomic mass is 79.9. The number of halogens is 1. The Labute approximate surface area is 222 Å². The third kappa shape index (κ3) is 7.43. The van der Waals surface area contributed by atoms with E-state index in [0.29, 0.717) is 18.1 Å². The van der Waals surface area contributed by atoms with Crippen molar-refractivity contribution in [3.8, 4) is 5.69 Å². The van der Waals surface area contributed by atoms with E-state index in [2.05, 4.69) is 54.3 Å². The quantitative estimate of drug-likeness (QED) is 0.282. The molecular formula is C28H36BrN5O2. The minimum atomic E-state index is -0.300. The zero-order valence-corrected chi connectivity index (χ0v) is 23.4. The van der Waals surface area contributed by atoms with Crippen LogP contribution in [0.4, 0.5) is 16.3 Å². The van der Waals surface area contributed by atoms with Gasteiger partial charge in [0.25, 0.3) is 0 Å². The summed E-state index contributed by atoms with van der Waals surface area (Å²) in [5.74, 6) is 0.314. The number of hydrogen-bond donors (Lipinski definition) is 2. The maximum atomic E-state index is 13.2. The van der Waals surface area contributed by atoms with Crippen molar-refractivity contribution in [3.63, 3.8) is 0 Å². The lowest BCUT2D eigenvalue weighted by atomic mass is 9.92. The molecule has 0 aliphatic carbocycles. The fourth-order valence-electron chi connectivity index (χ4n) is 3.72. The van der Waals surface area contributed by atoms with Gasteiger partial charge in [0.2, 0.25) is 5.91 Å². The highest BCUT2D eigenvalue weighted by Crippen LogP contribution is 2.27. The number of para-hydroxylation sites is 1. The molecule has 36 heavy (non-hydrogen) atoms. The van der Waals surface area contributed by atoms with Gasteiger partial charge in [-0.05, 0) is 49.2 Å². The molecule has 3 amide bonds. The summed E-state index contributed by atoms with van der Waals surface area (Å²) in [6.07, 6.45) is 2.84. The van der Waals surface area contributed by atoms with E-state index >= 15 is 0 Å². The predicted molar refractivity (Wildman–Crippen MR) is 150 cm³/mol. The summed E-state index contributed by atoms with van der Waals surface area (Å²) in [5.41, 5.74) is 3.30.